The zero-order valence-electron chi connectivity index (χ0n) is 18.6. The highest BCUT2D eigenvalue weighted by atomic mass is 32.2. The van der Waals surface area contributed by atoms with Gasteiger partial charge in [0.25, 0.3) is 0 Å². The minimum Gasteiger partial charge on any atom is -0.494 e. The highest BCUT2D eigenvalue weighted by Crippen LogP contribution is 2.27. The first-order chi connectivity index (χ1) is 15.3. The smallest absolute Gasteiger partial charge is 0.338 e. The first-order valence-corrected chi connectivity index (χ1v) is 12.0. The maximum atomic E-state index is 13.2. The summed E-state index contributed by atoms with van der Waals surface area (Å²) in [4.78, 5) is 12.9. The average molecular weight is 453 g/mol. The van der Waals surface area contributed by atoms with Gasteiger partial charge in [0.05, 0.1) is 22.0 Å². The molecular weight excluding hydrogens is 424 g/mol. The first-order valence-electron chi connectivity index (χ1n) is 10.6. The molecule has 0 atom stereocenters. The Kier molecular flexibility index (Phi) is 7.70. The van der Waals surface area contributed by atoms with Gasteiger partial charge in [-0.2, -0.15) is 0 Å². The van der Waals surface area contributed by atoms with E-state index in [1.807, 2.05) is 37.3 Å². The van der Waals surface area contributed by atoms with Gasteiger partial charge < -0.3 is 9.47 Å². The molecule has 0 saturated carbocycles. The lowest BCUT2D eigenvalue weighted by Crippen LogP contribution is -2.10. The van der Waals surface area contributed by atoms with Crippen molar-refractivity contribution >= 4 is 15.8 Å². The molecule has 0 N–H and O–H groups in total. The zero-order chi connectivity index (χ0) is 23.1. The molecule has 5 nitrogen and oxygen atoms in total. The molecule has 3 rings (SSSR count). The fourth-order valence-corrected chi connectivity index (χ4v) is 4.32. The Balaban J connectivity index is 1.91. The quantitative estimate of drug-likeness (QED) is 0.395. The second-order valence-electron chi connectivity index (χ2n) is 8.10. The number of ether oxygens (including phenoxy) is 2. The van der Waals surface area contributed by atoms with Gasteiger partial charge in [-0.1, -0.05) is 61.9 Å². The van der Waals surface area contributed by atoms with E-state index in [2.05, 4.69) is 13.8 Å². The number of sulfone groups is 1. The lowest BCUT2D eigenvalue weighted by Gasteiger charge is -2.13. The third-order valence-corrected chi connectivity index (χ3v) is 6.68. The summed E-state index contributed by atoms with van der Waals surface area (Å²) in [5.41, 5.74) is 1.94. The number of rotatable bonds is 9. The summed E-state index contributed by atoms with van der Waals surface area (Å²) in [6.45, 7) is 6.56. The standard InChI is InChI=1S/C26H28O5S/c1-19(2)13-14-30-23-15-22(26(27)31-18-21-7-5-4-6-8-21)16-25(17-23)32(28,29)24-11-9-20(3)10-12-24/h4-12,15-17,19H,13-14,18H2,1-3H3. The number of benzene rings is 3. The number of hydrogen-bond donors (Lipinski definition) is 0. The van der Waals surface area contributed by atoms with Crippen molar-refractivity contribution in [1.82, 2.24) is 0 Å². The lowest BCUT2D eigenvalue weighted by atomic mass is 10.1. The Hall–Kier alpha value is -3.12. The van der Waals surface area contributed by atoms with Gasteiger partial charge in [-0.3, -0.25) is 0 Å². The number of carbonyl (C=O) groups excluding carboxylic acids is 1. The van der Waals surface area contributed by atoms with E-state index in [9.17, 15) is 13.2 Å². The van der Waals surface area contributed by atoms with E-state index in [1.54, 1.807) is 24.3 Å². The van der Waals surface area contributed by atoms with Crippen LogP contribution in [0.5, 0.6) is 5.75 Å². The van der Waals surface area contributed by atoms with Crippen LogP contribution in [0.3, 0.4) is 0 Å². The van der Waals surface area contributed by atoms with Crippen molar-refractivity contribution in [2.45, 2.75) is 43.6 Å². The predicted octanol–water partition coefficient (Wildman–Crippen LogP) is 5.61. The van der Waals surface area contributed by atoms with E-state index >= 15 is 0 Å². The lowest BCUT2D eigenvalue weighted by molar-refractivity contribution is 0.0472. The molecule has 0 fully saturated rings. The molecule has 0 aliphatic heterocycles. The van der Waals surface area contributed by atoms with E-state index in [-0.39, 0.29) is 22.0 Å². The molecule has 32 heavy (non-hydrogen) atoms. The second kappa shape index (κ2) is 10.5. The second-order valence-corrected chi connectivity index (χ2v) is 10.1. The largest absolute Gasteiger partial charge is 0.494 e. The Bertz CT molecular complexity index is 1150. The van der Waals surface area contributed by atoms with Crippen LogP contribution in [-0.4, -0.2) is 21.0 Å². The maximum absolute atomic E-state index is 13.2. The van der Waals surface area contributed by atoms with Crippen LogP contribution in [0.25, 0.3) is 0 Å². The fourth-order valence-electron chi connectivity index (χ4n) is 3.00. The Morgan fingerprint density at radius 1 is 0.906 bits per heavy atom. The van der Waals surface area contributed by atoms with Crippen molar-refractivity contribution in [3.05, 3.63) is 89.5 Å². The highest BCUT2D eigenvalue weighted by molar-refractivity contribution is 7.91. The molecule has 0 aliphatic rings. The molecule has 0 saturated heterocycles. The van der Waals surface area contributed by atoms with Gasteiger partial charge in [0.1, 0.15) is 12.4 Å². The van der Waals surface area contributed by atoms with E-state index < -0.39 is 15.8 Å². The molecule has 0 radical (unpaired) electrons. The van der Waals surface area contributed by atoms with Gasteiger partial charge in [-0.05, 0) is 55.2 Å². The van der Waals surface area contributed by atoms with Crippen molar-refractivity contribution in [2.24, 2.45) is 5.92 Å². The minimum absolute atomic E-state index is 0.00457. The summed E-state index contributed by atoms with van der Waals surface area (Å²) in [5.74, 6) is 0.152. The number of hydrogen-bond acceptors (Lipinski definition) is 5. The van der Waals surface area contributed by atoms with E-state index in [0.717, 1.165) is 17.5 Å². The Labute approximate surface area is 189 Å². The SMILES string of the molecule is Cc1ccc(S(=O)(=O)c2cc(OCCC(C)C)cc(C(=O)OCc3ccccc3)c2)cc1. The molecule has 0 spiro atoms. The molecule has 3 aromatic carbocycles. The molecule has 3 aromatic rings. The van der Waals surface area contributed by atoms with Crippen LogP contribution in [0.2, 0.25) is 0 Å². The van der Waals surface area contributed by atoms with Crippen LogP contribution >= 0.6 is 0 Å². The van der Waals surface area contributed by atoms with Gasteiger partial charge in [0, 0.05) is 0 Å². The molecule has 0 bridgehead atoms. The van der Waals surface area contributed by atoms with E-state index in [4.69, 9.17) is 9.47 Å². The van der Waals surface area contributed by atoms with Gasteiger partial charge in [0.15, 0.2) is 0 Å². The van der Waals surface area contributed by atoms with Crippen LogP contribution < -0.4 is 4.74 Å². The topological polar surface area (TPSA) is 69.7 Å². The van der Waals surface area contributed by atoms with E-state index in [1.165, 1.54) is 18.2 Å². The minimum atomic E-state index is -3.83. The number of esters is 1. The molecule has 0 aromatic heterocycles. The number of aryl methyl sites for hydroxylation is 1. The average Bonchev–Trinajstić information content (AvgIpc) is 2.78. The predicted molar refractivity (Wildman–Crippen MR) is 124 cm³/mol. The highest BCUT2D eigenvalue weighted by Gasteiger charge is 2.22. The van der Waals surface area contributed by atoms with Gasteiger partial charge in [-0.25, -0.2) is 13.2 Å². The summed E-state index contributed by atoms with van der Waals surface area (Å²) in [7, 11) is -3.83. The van der Waals surface area contributed by atoms with Gasteiger partial charge in [-0.15, -0.1) is 0 Å². The molecule has 0 heterocycles. The third kappa shape index (κ3) is 6.20. The van der Waals surface area contributed by atoms with Crippen LogP contribution in [0.4, 0.5) is 0 Å². The van der Waals surface area contributed by atoms with Gasteiger partial charge in [0.2, 0.25) is 9.84 Å². The van der Waals surface area contributed by atoms with Gasteiger partial charge >= 0.3 is 5.97 Å². The maximum Gasteiger partial charge on any atom is 0.338 e. The Morgan fingerprint density at radius 2 is 1.59 bits per heavy atom. The summed E-state index contributed by atoms with van der Waals surface area (Å²) in [5, 5.41) is 0. The summed E-state index contributed by atoms with van der Waals surface area (Å²) in [6, 6.07) is 20.2. The molecule has 0 aliphatic carbocycles. The third-order valence-electron chi connectivity index (χ3n) is 4.93. The molecule has 168 valence electrons. The van der Waals surface area contributed by atoms with E-state index in [0.29, 0.717) is 18.3 Å². The summed E-state index contributed by atoms with van der Waals surface area (Å²) < 4.78 is 37.7. The Morgan fingerprint density at radius 3 is 2.25 bits per heavy atom. The zero-order valence-corrected chi connectivity index (χ0v) is 19.4. The van der Waals surface area contributed by atoms with Crippen LogP contribution in [0.1, 0.15) is 41.8 Å². The monoisotopic (exact) mass is 452 g/mol. The van der Waals surface area contributed by atoms with Crippen LogP contribution in [0, 0.1) is 12.8 Å². The van der Waals surface area contributed by atoms with Crippen molar-refractivity contribution in [3.8, 4) is 5.75 Å². The van der Waals surface area contributed by atoms with Crippen molar-refractivity contribution < 1.29 is 22.7 Å². The molecule has 6 heteroatoms. The molecular formula is C26H28O5S. The van der Waals surface area contributed by atoms with Crippen molar-refractivity contribution in [1.29, 1.82) is 0 Å². The number of carbonyl (C=O) groups is 1. The van der Waals surface area contributed by atoms with Crippen molar-refractivity contribution in [3.63, 3.8) is 0 Å². The van der Waals surface area contributed by atoms with Crippen molar-refractivity contribution in [2.75, 3.05) is 6.61 Å². The normalized spacial score (nSPS) is 11.4. The molecule has 0 unspecified atom stereocenters. The first kappa shape index (κ1) is 23.5. The molecule has 0 amide bonds. The fraction of sp³-hybridized carbons (Fsp3) is 0.269. The summed E-state index contributed by atoms with van der Waals surface area (Å²) >= 11 is 0. The van der Waals surface area contributed by atoms with Crippen LogP contribution in [-0.2, 0) is 21.2 Å². The van der Waals surface area contributed by atoms with Crippen LogP contribution in [0.15, 0.2) is 82.6 Å². The summed E-state index contributed by atoms with van der Waals surface area (Å²) in [6.07, 6.45) is 0.808.